The number of aromatic nitrogens is 1. The van der Waals surface area contributed by atoms with Gasteiger partial charge >= 0.3 is 5.97 Å². The van der Waals surface area contributed by atoms with Crippen molar-refractivity contribution in [2.75, 3.05) is 7.11 Å². The number of esters is 1. The molecule has 1 aromatic heterocycles. The Morgan fingerprint density at radius 3 is 2.51 bits per heavy atom. The highest BCUT2D eigenvalue weighted by atomic mass is 16.5. The summed E-state index contributed by atoms with van der Waals surface area (Å²) >= 11 is 0. The molecule has 238 valence electrons. The van der Waals surface area contributed by atoms with E-state index in [0.717, 1.165) is 78.9 Å². The summed E-state index contributed by atoms with van der Waals surface area (Å²) in [7, 11) is 1.64. The van der Waals surface area contributed by atoms with Gasteiger partial charge in [-0.2, -0.15) is 0 Å². The van der Waals surface area contributed by atoms with E-state index in [1.165, 1.54) is 24.8 Å². The molecule has 0 radical (unpaired) electrons. The minimum absolute atomic E-state index is 0.0411. The van der Waals surface area contributed by atoms with Gasteiger partial charge in [-0.25, -0.2) is 0 Å². The standard InChI is InChI=1S/C22H32O3.C17H15NO2/c1-4-20(24)25-19-8-7-17-16-6-5-14-13-15(23)9-11-21(14,2)18(16)10-12-22(17,19)3;1-20-16-4-2-3-15-14(16)6-5-13(17(15)19)11-12-7-9-18-10-8-12/h13,16-19H,4-12H2,1-3H3;2-4,7-11H,5-6H2,1H3/b;13-11+/t16-,17-,18-,19-,21-,22-;/m0./s1. The minimum atomic E-state index is -0.0411. The lowest BCUT2D eigenvalue weighted by molar-refractivity contribution is -0.159. The molecule has 3 fully saturated rings. The molecule has 6 nitrogen and oxygen atoms in total. The Bertz CT molecular complexity index is 1530. The summed E-state index contributed by atoms with van der Waals surface area (Å²) in [6.07, 6.45) is 18.3. The fourth-order valence-electron chi connectivity index (χ4n) is 9.52. The van der Waals surface area contributed by atoms with Crippen molar-refractivity contribution < 1.29 is 23.9 Å². The van der Waals surface area contributed by atoms with E-state index in [-0.39, 0.29) is 28.7 Å². The van der Waals surface area contributed by atoms with Crippen LogP contribution in [0.1, 0.15) is 106 Å². The number of nitrogens with zero attached hydrogens (tertiary/aromatic N) is 1. The molecule has 0 unspecified atom stereocenters. The highest BCUT2D eigenvalue weighted by Gasteiger charge is 2.59. The summed E-state index contributed by atoms with van der Waals surface area (Å²) in [6, 6.07) is 9.46. The van der Waals surface area contributed by atoms with Gasteiger partial charge in [0.2, 0.25) is 0 Å². The number of benzene rings is 1. The van der Waals surface area contributed by atoms with E-state index >= 15 is 0 Å². The van der Waals surface area contributed by atoms with Crippen LogP contribution in [0.15, 0.2) is 59.9 Å². The maximum atomic E-state index is 12.5. The second kappa shape index (κ2) is 12.7. The normalized spacial score (nSPS) is 32.6. The molecule has 0 bridgehead atoms. The monoisotopic (exact) mass is 609 g/mol. The van der Waals surface area contributed by atoms with Gasteiger partial charge < -0.3 is 9.47 Å². The van der Waals surface area contributed by atoms with Crippen LogP contribution in [-0.2, 0) is 20.7 Å². The number of Topliss-reactive ketones (excluding diaryl/α,β-unsaturated/α-hetero) is 1. The molecule has 1 heterocycles. The summed E-state index contributed by atoms with van der Waals surface area (Å²) in [4.78, 5) is 40.3. The molecule has 0 saturated heterocycles. The quantitative estimate of drug-likeness (QED) is 0.257. The van der Waals surface area contributed by atoms with Gasteiger partial charge in [-0.1, -0.05) is 38.5 Å². The number of carbonyl (C=O) groups is 3. The van der Waals surface area contributed by atoms with E-state index in [4.69, 9.17) is 9.47 Å². The Balaban J connectivity index is 0.000000163. The molecular weight excluding hydrogens is 562 g/mol. The van der Waals surface area contributed by atoms with Crippen LogP contribution in [0.2, 0.25) is 0 Å². The first kappa shape index (κ1) is 31.4. The molecule has 0 amide bonds. The molecule has 6 heteroatoms. The Labute approximate surface area is 267 Å². The van der Waals surface area contributed by atoms with Crippen LogP contribution in [0.3, 0.4) is 0 Å². The molecule has 3 saturated carbocycles. The largest absolute Gasteiger partial charge is 0.496 e. The van der Waals surface area contributed by atoms with Crippen LogP contribution in [0.4, 0.5) is 0 Å². The van der Waals surface area contributed by atoms with Gasteiger partial charge in [0.1, 0.15) is 11.9 Å². The van der Waals surface area contributed by atoms with Gasteiger partial charge in [-0.3, -0.25) is 19.4 Å². The highest BCUT2D eigenvalue weighted by Crippen LogP contribution is 2.65. The molecule has 45 heavy (non-hydrogen) atoms. The first-order valence-electron chi connectivity index (χ1n) is 16.9. The van der Waals surface area contributed by atoms with E-state index in [2.05, 4.69) is 18.8 Å². The lowest BCUT2D eigenvalue weighted by Gasteiger charge is -2.57. The first-order chi connectivity index (χ1) is 21.7. The summed E-state index contributed by atoms with van der Waals surface area (Å²) in [5.41, 5.74) is 5.46. The number of hydrogen-bond acceptors (Lipinski definition) is 6. The van der Waals surface area contributed by atoms with Crippen molar-refractivity contribution in [1.29, 1.82) is 0 Å². The minimum Gasteiger partial charge on any atom is -0.496 e. The van der Waals surface area contributed by atoms with Crippen molar-refractivity contribution in [2.45, 2.75) is 97.5 Å². The van der Waals surface area contributed by atoms with Gasteiger partial charge in [0.15, 0.2) is 11.6 Å². The molecule has 5 aliphatic carbocycles. The number of carbonyl (C=O) groups excluding carboxylic acids is 3. The number of ketones is 2. The number of rotatable bonds is 4. The van der Waals surface area contributed by atoms with Crippen molar-refractivity contribution in [3.8, 4) is 5.75 Å². The summed E-state index contributed by atoms with van der Waals surface area (Å²) in [6.45, 7) is 6.69. The number of pyridine rings is 1. The second-order valence-electron chi connectivity index (χ2n) is 14.2. The number of fused-ring (bicyclic) bond motifs is 6. The number of allylic oxidation sites excluding steroid dienone is 2. The zero-order valence-electron chi connectivity index (χ0n) is 27.3. The zero-order valence-corrected chi connectivity index (χ0v) is 27.3. The Morgan fingerprint density at radius 2 is 1.76 bits per heavy atom. The lowest BCUT2D eigenvalue weighted by Crippen LogP contribution is -2.51. The van der Waals surface area contributed by atoms with Crippen molar-refractivity contribution in [2.24, 2.45) is 28.6 Å². The van der Waals surface area contributed by atoms with Crippen LogP contribution in [0.5, 0.6) is 5.75 Å². The Morgan fingerprint density at radius 1 is 0.956 bits per heavy atom. The van der Waals surface area contributed by atoms with E-state index in [1.54, 1.807) is 19.5 Å². The van der Waals surface area contributed by atoms with Crippen molar-refractivity contribution in [3.63, 3.8) is 0 Å². The topological polar surface area (TPSA) is 82.6 Å². The average Bonchev–Trinajstić information content (AvgIpc) is 3.38. The van der Waals surface area contributed by atoms with Crippen LogP contribution in [0, 0.1) is 28.6 Å². The van der Waals surface area contributed by atoms with Gasteiger partial charge in [-0.05, 0) is 117 Å². The van der Waals surface area contributed by atoms with E-state index in [1.807, 2.05) is 49.4 Å². The van der Waals surface area contributed by atoms with Crippen LogP contribution in [-0.4, -0.2) is 35.7 Å². The van der Waals surface area contributed by atoms with Crippen molar-refractivity contribution in [3.05, 3.63) is 76.6 Å². The molecule has 7 rings (SSSR count). The SMILES string of the molecule is CCC(=O)O[C@H]1CC[C@H]2[C@@H]3CCC4=CC(=O)CC[C@]4(C)[C@H]3CC[C@]12C.COc1cccc2c1CC/C(=C\c1ccncc1)C2=O. The molecule has 0 aliphatic heterocycles. The molecule has 0 N–H and O–H groups in total. The summed E-state index contributed by atoms with van der Waals surface area (Å²) < 4.78 is 11.2. The van der Waals surface area contributed by atoms with Crippen molar-refractivity contribution >= 4 is 23.6 Å². The fourth-order valence-corrected chi connectivity index (χ4v) is 9.52. The number of hydrogen-bond donors (Lipinski definition) is 0. The third kappa shape index (κ3) is 5.81. The molecule has 0 spiro atoms. The van der Waals surface area contributed by atoms with Gasteiger partial charge in [-0.15, -0.1) is 0 Å². The van der Waals surface area contributed by atoms with Crippen LogP contribution >= 0.6 is 0 Å². The van der Waals surface area contributed by atoms with Crippen molar-refractivity contribution in [1.82, 2.24) is 4.98 Å². The predicted octanol–water partition coefficient (Wildman–Crippen LogP) is 8.14. The molecule has 2 aromatic rings. The fraction of sp³-hybridized carbons (Fsp3) is 0.538. The van der Waals surface area contributed by atoms with Gasteiger partial charge in [0.25, 0.3) is 0 Å². The molecule has 5 aliphatic rings. The Kier molecular flexibility index (Phi) is 8.87. The lowest BCUT2D eigenvalue weighted by atomic mass is 9.47. The van der Waals surface area contributed by atoms with E-state index < -0.39 is 0 Å². The van der Waals surface area contributed by atoms with Crippen LogP contribution < -0.4 is 4.74 Å². The molecule has 6 atom stereocenters. The summed E-state index contributed by atoms with van der Waals surface area (Å²) in [5.74, 6) is 3.32. The maximum absolute atomic E-state index is 12.5. The maximum Gasteiger partial charge on any atom is 0.305 e. The summed E-state index contributed by atoms with van der Waals surface area (Å²) in [5, 5.41) is 0. The smallest absolute Gasteiger partial charge is 0.305 e. The first-order valence-corrected chi connectivity index (χ1v) is 16.9. The third-order valence-corrected chi connectivity index (χ3v) is 12.0. The average molecular weight is 610 g/mol. The van der Waals surface area contributed by atoms with E-state index in [9.17, 15) is 14.4 Å². The van der Waals surface area contributed by atoms with Gasteiger partial charge in [0, 0.05) is 47.4 Å². The Hall–Kier alpha value is -3.54. The van der Waals surface area contributed by atoms with Crippen LogP contribution in [0.25, 0.3) is 6.08 Å². The molecular formula is C39H47NO5. The number of methoxy groups -OCH3 is 1. The highest BCUT2D eigenvalue weighted by molar-refractivity contribution is 6.13. The predicted molar refractivity (Wildman–Crippen MR) is 175 cm³/mol. The number of ether oxygens (including phenoxy) is 2. The zero-order chi connectivity index (χ0) is 31.8. The third-order valence-electron chi connectivity index (χ3n) is 12.0. The molecule has 1 aromatic carbocycles. The van der Waals surface area contributed by atoms with Gasteiger partial charge in [0.05, 0.1) is 7.11 Å². The second-order valence-corrected chi connectivity index (χ2v) is 14.2. The van der Waals surface area contributed by atoms with E-state index in [0.29, 0.717) is 24.0 Å².